The Kier molecular flexibility index (Phi) is 6.39. The fourth-order valence-electron chi connectivity index (χ4n) is 4.69. The van der Waals surface area contributed by atoms with E-state index in [4.69, 9.17) is 16.4 Å². The highest BCUT2D eigenvalue weighted by molar-refractivity contribution is 6.30. The minimum absolute atomic E-state index is 0.0119. The van der Waals surface area contributed by atoms with E-state index in [9.17, 15) is 18.4 Å². The largest absolute Gasteiger partial charge is 0.347 e. The number of carbonyl (C=O) groups excluding carboxylic acids is 2. The highest BCUT2D eigenvalue weighted by atomic mass is 35.5. The van der Waals surface area contributed by atoms with Crippen LogP contribution in [-0.4, -0.2) is 32.2 Å². The lowest BCUT2D eigenvalue weighted by Gasteiger charge is -2.15. The SMILES string of the molecule is C=C1NC(c2ccc3c(c2)CC[C@@H]3NC(=O)c2cc(C(=O)NCc3ccc(F)c(Cl)c3)nc3c(F)cnn23)=NO1. The molecule has 0 saturated heterocycles. The summed E-state index contributed by atoms with van der Waals surface area (Å²) in [4.78, 5) is 35.4. The summed E-state index contributed by atoms with van der Waals surface area (Å²) < 4.78 is 29.0. The third-order valence-corrected chi connectivity index (χ3v) is 6.93. The van der Waals surface area contributed by atoms with E-state index < -0.39 is 23.4 Å². The Morgan fingerprint density at radius 3 is 2.77 bits per heavy atom. The first-order valence-corrected chi connectivity index (χ1v) is 12.6. The lowest BCUT2D eigenvalue weighted by atomic mass is 10.0. The molecule has 2 amide bonds. The lowest BCUT2D eigenvalue weighted by Crippen LogP contribution is -2.30. The molecule has 0 bridgehead atoms. The summed E-state index contributed by atoms with van der Waals surface area (Å²) in [6.45, 7) is 3.69. The Hall–Kier alpha value is -4.84. The number of fused-ring (bicyclic) bond motifs is 2. The van der Waals surface area contributed by atoms with Gasteiger partial charge in [0.15, 0.2) is 17.3 Å². The van der Waals surface area contributed by atoms with E-state index in [2.05, 4.69) is 37.8 Å². The summed E-state index contributed by atoms with van der Waals surface area (Å²) in [5.41, 5.74) is 2.83. The number of aryl methyl sites for hydroxylation is 1. The number of carbonyl (C=O) groups is 2. The van der Waals surface area contributed by atoms with Crippen molar-refractivity contribution >= 4 is 34.9 Å². The van der Waals surface area contributed by atoms with Crippen LogP contribution < -0.4 is 16.0 Å². The predicted molar refractivity (Wildman–Crippen MR) is 140 cm³/mol. The average molecular weight is 564 g/mol. The maximum absolute atomic E-state index is 14.5. The van der Waals surface area contributed by atoms with Crippen molar-refractivity contribution in [2.45, 2.75) is 25.4 Å². The Balaban J connectivity index is 1.22. The van der Waals surface area contributed by atoms with Crippen molar-refractivity contribution in [2.24, 2.45) is 5.16 Å². The van der Waals surface area contributed by atoms with E-state index in [1.807, 2.05) is 18.2 Å². The molecule has 2 aliphatic rings. The van der Waals surface area contributed by atoms with Crippen LogP contribution >= 0.6 is 11.6 Å². The van der Waals surface area contributed by atoms with Gasteiger partial charge in [-0.15, -0.1) is 0 Å². The molecule has 1 aliphatic heterocycles. The Morgan fingerprint density at radius 1 is 1.15 bits per heavy atom. The van der Waals surface area contributed by atoms with E-state index in [0.717, 1.165) is 27.4 Å². The van der Waals surface area contributed by atoms with E-state index in [-0.39, 0.29) is 34.6 Å². The van der Waals surface area contributed by atoms with Crippen molar-refractivity contribution in [1.29, 1.82) is 0 Å². The van der Waals surface area contributed by atoms with Crippen LogP contribution in [0.1, 0.15) is 55.7 Å². The number of oxime groups is 1. The van der Waals surface area contributed by atoms with Crippen LogP contribution in [0.25, 0.3) is 5.65 Å². The monoisotopic (exact) mass is 563 g/mol. The zero-order valence-corrected chi connectivity index (χ0v) is 21.4. The maximum atomic E-state index is 14.5. The molecular weight excluding hydrogens is 544 g/mol. The molecule has 10 nitrogen and oxygen atoms in total. The van der Waals surface area contributed by atoms with Crippen LogP contribution in [0.2, 0.25) is 5.02 Å². The lowest BCUT2D eigenvalue weighted by molar-refractivity contribution is 0.0929. The quantitative estimate of drug-likeness (QED) is 0.328. The predicted octanol–water partition coefficient (Wildman–Crippen LogP) is 3.76. The highest BCUT2D eigenvalue weighted by Gasteiger charge is 2.28. The summed E-state index contributed by atoms with van der Waals surface area (Å²) in [7, 11) is 0. The molecule has 13 heteroatoms. The second-order valence-corrected chi connectivity index (χ2v) is 9.65. The summed E-state index contributed by atoms with van der Waals surface area (Å²) in [6.07, 6.45) is 2.28. The van der Waals surface area contributed by atoms with Gasteiger partial charge in [-0.05, 0) is 54.3 Å². The second-order valence-electron chi connectivity index (χ2n) is 9.24. The molecule has 40 heavy (non-hydrogen) atoms. The molecule has 2 aromatic heterocycles. The maximum Gasteiger partial charge on any atom is 0.270 e. The first-order valence-electron chi connectivity index (χ1n) is 12.2. The van der Waals surface area contributed by atoms with E-state index >= 15 is 0 Å². The van der Waals surface area contributed by atoms with Crippen molar-refractivity contribution < 1.29 is 23.2 Å². The average Bonchev–Trinajstić information content (AvgIpc) is 3.67. The minimum atomic E-state index is -0.789. The molecule has 1 aliphatic carbocycles. The Labute approximate surface area is 230 Å². The first-order chi connectivity index (χ1) is 19.3. The number of nitrogens with zero attached hydrogens (tertiary/aromatic N) is 4. The van der Waals surface area contributed by atoms with Crippen LogP contribution in [0.3, 0.4) is 0 Å². The van der Waals surface area contributed by atoms with Gasteiger partial charge in [-0.25, -0.2) is 18.3 Å². The van der Waals surface area contributed by atoms with Gasteiger partial charge in [0.1, 0.15) is 17.2 Å². The van der Waals surface area contributed by atoms with Gasteiger partial charge in [0, 0.05) is 18.2 Å². The third kappa shape index (κ3) is 4.73. The zero-order valence-electron chi connectivity index (χ0n) is 20.7. The van der Waals surface area contributed by atoms with Crippen molar-refractivity contribution in [3.8, 4) is 0 Å². The van der Waals surface area contributed by atoms with Gasteiger partial charge >= 0.3 is 0 Å². The molecule has 0 unspecified atom stereocenters. The number of hydrogen-bond acceptors (Lipinski definition) is 7. The molecule has 202 valence electrons. The van der Waals surface area contributed by atoms with Crippen molar-refractivity contribution in [3.05, 3.63) is 111 Å². The zero-order chi connectivity index (χ0) is 28.0. The van der Waals surface area contributed by atoms with Crippen LogP contribution in [0.4, 0.5) is 8.78 Å². The van der Waals surface area contributed by atoms with Crippen molar-refractivity contribution in [2.75, 3.05) is 0 Å². The van der Waals surface area contributed by atoms with E-state index in [1.54, 1.807) is 0 Å². The van der Waals surface area contributed by atoms with E-state index in [1.165, 1.54) is 24.3 Å². The van der Waals surface area contributed by atoms with Crippen LogP contribution in [-0.2, 0) is 17.8 Å². The molecule has 6 rings (SSSR count). The third-order valence-electron chi connectivity index (χ3n) is 6.64. The normalized spacial score (nSPS) is 15.8. The number of nitrogens with one attached hydrogen (secondary N) is 3. The van der Waals surface area contributed by atoms with Crippen molar-refractivity contribution in [1.82, 2.24) is 30.5 Å². The molecule has 0 fully saturated rings. The fourth-order valence-corrected chi connectivity index (χ4v) is 4.89. The summed E-state index contributed by atoms with van der Waals surface area (Å²) >= 11 is 5.80. The first kappa shape index (κ1) is 25.4. The number of aromatic nitrogens is 3. The molecular formula is C27H20ClF2N7O3. The van der Waals surface area contributed by atoms with Crippen LogP contribution in [0.15, 0.2) is 66.3 Å². The Bertz CT molecular complexity index is 1750. The molecule has 0 saturated carbocycles. The molecule has 0 spiro atoms. The highest BCUT2D eigenvalue weighted by Crippen LogP contribution is 2.32. The number of rotatable bonds is 6. The Morgan fingerprint density at radius 2 is 2.00 bits per heavy atom. The van der Waals surface area contributed by atoms with Gasteiger partial charge in [-0.1, -0.05) is 35.0 Å². The van der Waals surface area contributed by atoms with Gasteiger partial charge in [-0.2, -0.15) is 5.10 Å². The molecule has 2 aromatic carbocycles. The van der Waals surface area contributed by atoms with E-state index in [0.29, 0.717) is 30.1 Å². The number of benzene rings is 2. The second kappa shape index (κ2) is 10.0. The van der Waals surface area contributed by atoms with Gasteiger partial charge in [0.05, 0.1) is 17.3 Å². The van der Waals surface area contributed by atoms with Crippen LogP contribution in [0.5, 0.6) is 0 Å². The smallest absolute Gasteiger partial charge is 0.270 e. The van der Waals surface area contributed by atoms with Crippen LogP contribution in [0, 0.1) is 11.6 Å². The molecule has 1 atom stereocenters. The summed E-state index contributed by atoms with van der Waals surface area (Å²) in [6, 6.07) is 10.7. The van der Waals surface area contributed by atoms with Gasteiger partial charge in [0.25, 0.3) is 11.8 Å². The molecule has 3 N–H and O–H groups in total. The minimum Gasteiger partial charge on any atom is -0.347 e. The van der Waals surface area contributed by atoms with Gasteiger partial charge < -0.3 is 20.8 Å². The number of amidine groups is 1. The number of hydrogen-bond donors (Lipinski definition) is 3. The topological polar surface area (TPSA) is 122 Å². The summed E-state index contributed by atoms with van der Waals surface area (Å²) in [5, 5.41) is 16.3. The van der Waals surface area contributed by atoms with Crippen molar-refractivity contribution in [3.63, 3.8) is 0 Å². The standard InChI is InChI=1S/C27H20ClF2N7O3/c1-13-33-24(36-40-13)16-3-5-17-15(9-16)4-7-21(17)35-27(39)23-10-22(34-25-20(30)12-32-37(23)25)26(38)31-11-14-2-6-19(29)18(28)8-14/h2-3,5-6,8-10,12,21H,1,4,7,11H2,(H,31,38)(H,33,36)(H,35,39)/t21-/m0/s1. The molecule has 0 radical (unpaired) electrons. The number of amides is 2. The number of halogens is 3. The molecule has 4 aromatic rings. The van der Waals surface area contributed by atoms with Gasteiger partial charge in [0.2, 0.25) is 5.88 Å². The fraction of sp³-hybridized carbons (Fsp3) is 0.148. The molecule has 3 heterocycles. The van der Waals surface area contributed by atoms with Gasteiger partial charge in [-0.3, -0.25) is 9.59 Å². The summed E-state index contributed by atoms with van der Waals surface area (Å²) in [5.74, 6) is -1.69.